The molecule has 0 unspecified atom stereocenters. The maximum absolute atomic E-state index is 3.90. The van der Waals surface area contributed by atoms with E-state index < -0.39 is 0 Å². The molecule has 0 aromatic carbocycles. The lowest BCUT2D eigenvalue weighted by Gasteiger charge is -2.24. The van der Waals surface area contributed by atoms with Crippen molar-refractivity contribution in [1.82, 2.24) is 0 Å². The van der Waals surface area contributed by atoms with Crippen molar-refractivity contribution >= 4 is 0 Å². The quantitative estimate of drug-likeness (QED) is 0.416. The molecule has 8 heavy (non-hydrogen) atoms. The van der Waals surface area contributed by atoms with Crippen LogP contribution < -0.4 is 0 Å². The Kier molecular flexibility index (Phi) is 0.460. The summed E-state index contributed by atoms with van der Waals surface area (Å²) in [5, 5.41) is 7.80. The molecule has 0 amide bonds. The second-order valence-electron chi connectivity index (χ2n) is 2.19. The van der Waals surface area contributed by atoms with Crippen LogP contribution in [0.15, 0.2) is 34.5 Å². The van der Waals surface area contributed by atoms with Gasteiger partial charge in [0.25, 0.3) is 0 Å². The molecule has 2 nitrogen and oxygen atoms in total. The van der Waals surface area contributed by atoms with Crippen molar-refractivity contribution in [1.29, 1.82) is 0 Å². The SMILES string of the molecule is C=C1C2N=NC1C2=C. The van der Waals surface area contributed by atoms with E-state index in [1.807, 2.05) is 0 Å². The van der Waals surface area contributed by atoms with Gasteiger partial charge in [-0.05, 0) is 11.1 Å². The van der Waals surface area contributed by atoms with E-state index in [1.165, 1.54) is 0 Å². The number of rotatable bonds is 0. The zero-order valence-electron chi connectivity index (χ0n) is 4.46. The summed E-state index contributed by atoms with van der Waals surface area (Å²) in [7, 11) is 0. The van der Waals surface area contributed by atoms with Crippen LogP contribution in [-0.4, -0.2) is 12.1 Å². The number of nitrogens with zero attached hydrogens (tertiary/aromatic N) is 2. The summed E-state index contributed by atoms with van der Waals surface area (Å²) in [6, 6.07) is 0.389. The third kappa shape index (κ3) is 0.210. The molecule has 1 saturated carbocycles. The van der Waals surface area contributed by atoms with Crippen LogP contribution in [0.1, 0.15) is 0 Å². The predicted octanol–water partition coefficient (Wildman–Crippen LogP) is 1.32. The highest BCUT2D eigenvalue weighted by Crippen LogP contribution is 2.42. The summed E-state index contributed by atoms with van der Waals surface area (Å²) in [5.74, 6) is 0. The van der Waals surface area contributed by atoms with E-state index in [2.05, 4.69) is 23.4 Å². The normalized spacial score (nSPS) is 40.5. The van der Waals surface area contributed by atoms with E-state index >= 15 is 0 Å². The van der Waals surface area contributed by atoms with Gasteiger partial charge in [0.15, 0.2) is 0 Å². The zero-order chi connectivity index (χ0) is 5.72. The van der Waals surface area contributed by atoms with Gasteiger partial charge in [0.05, 0.1) is 0 Å². The maximum Gasteiger partial charge on any atom is 0.117 e. The van der Waals surface area contributed by atoms with Gasteiger partial charge >= 0.3 is 0 Å². The summed E-state index contributed by atoms with van der Waals surface area (Å²) >= 11 is 0. The van der Waals surface area contributed by atoms with Gasteiger partial charge < -0.3 is 0 Å². The number of hydrogen-bond acceptors (Lipinski definition) is 2. The van der Waals surface area contributed by atoms with Crippen molar-refractivity contribution in [2.45, 2.75) is 12.1 Å². The predicted molar refractivity (Wildman–Crippen MR) is 30.7 cm³/mol. The van der Waals surface area contributed by atoms with Crippen LogP contribution >= 0.6 is 0 Å². The highest BCUT2D eigenvalue weighted by molar-refractivity contribution is 5.49. The Morgan fingerprint density at radius 3 is 1.50 bits per heavy atom. The van der Waals surface area contributed by atoms with E-state index in [0.717, 1.165) is 11.1 Å². The van der Waals surface area contributed by atoms with Crippen LogP contribution in [0.25, 0.3) is 0 Å². The number of azo groups is 1. The van der Waals surface area contributed by atoms with Crippen LogP contribution in [0.3, 0.4) is 0 Å². The first-order valence-corrected chi connectivity index (χ1v) is 2.58. The summed E-state index contributed by atoms with van der Waals surface area (Å²) in [5.41, 5.74) is 2.24. The summed E-state index contributed by atoms with van der Waals surface area (Å²) < 4.78 is 0. The molecule has 2 aliphatic heterocycles. The molecule has 2 heteroatoms. The first-order valence-electron chi connectivity index (χ1n) is 2.58. The molecule has 2 bridgehead atoms. The Bertz CT molecular complexity index is 169. The van der Waals surface area contributed by atoms with E-state index in [-0.39, 0.29) is 12.1 Å². The van der Waals surface area contributed by atoms with Gasteiger partial charge in [-0.25, -0.2) is 0 Å². The number of hydrogen-bond donors (Lipinski definition) is 0. The lowest BCUT2D eigenvalue weighted by atomic mass is 9.80. The van der Waals surface area contributed by atoms with Gasteiger partial charge in [0, 0.05) is 0 Å². The molecule has 0 saturated heterocycles. The molecule has 0 aromatic rings. The third-order valence-electron chi connectivity index (χ3n) is 1.70. The molecular weight excluding hydrogens is 100 g/mol. The Morgan fingerprint density at radius 2 is 1.38 bits per heavy atom. The lowest BCUT2D eigenvalue weighted by Crippen LogP contribution is -2.30. The van der Waals surface area contributed by atoms with Crippen LogP contribution in [0.5, 0.6) is 0 Å². The van der Waals surface area contributed by atoms with Gasteiger partial charge in [0.1, 0.15) is 12.1 Å². The first kappa shape index (κ1) is 4.01. The second-order valence-corrected chi connectivity index (χ2v) is 2.19. The fourth-order valence-corrected chi connectivity index (χ4v) is 1.11. The van der Waals surface area contributed by atoms with Gasteiger partial charge in [-0.15, -0.1) is 0 Å². The highest BCUT2D eigenvalue weighted by Gasteiger charge is 2.43. The molecule has 0 aromatic heterocycles. The Labute approximate surface area is 47.6 Å². The minimum Gasteiger partial charge on any atom is -0.181 e. The van der Waals surface area contributed by atoms with Crippen LogP contribution in [0.2, 0.25) is 0 Å². The average molecular weight is 106 g/mol. The van der Waals surface area contributed by atoms with E-state index in [9.17, 15) is 0 Å². The molecule has 0 radical (unpaired) electrons. The second kappa shape index (κ2) is 0.917. The van der Waals surface area contributed by atoms with Crippen LogP contribution in [-0.2, 0) is 0 Å². The van der Waals surface area contributed by atoms with Crippen molar-refractivity contribution in [2.75, 3.05) is 0 Å². The molecule has 40 valence electrons. The Morgan fingerprint density at radius 1 is 1.00 bits per heavy atom. The first-order chi connectivity index (χ1) is 3.80. The molecule has 1 aliphatic carbocycles. The van der Waals surface area contributed by atoms with Crippen molar-refractivity contribution in [2.24, 2.45) is 10.2 Å². The Balaban J connectivity index is 2.47. The van der Waals surface area contributed by atoms with E-state index in [0.29, 0.717) is 0 Å². The molecule has 1 fully saturated rings. The average Bonchev–Trinajstić information content (AvgIpc) is 2.26. The fourth-order valence-electron chi connectivity index (χ4n) is 1.11. The van der Waals surface area contributed by atoms with Crippen molar-refractivity contribution in [3.8, 4) is 0 Å². The van der Waals surface area contributed by atoms with Gasteiger partial charge in [-0.2, -0.15) is 10.2 Å². The molecular formula is C6H6N2. The van der Waals surface area contributed by atoms with Gasteiger partial charge in [0.2, 0.25) is 0 Å². The Hall–Kier alpha value is -0.920. The fraction of sp³-hybridized carbons (Fsp3) is 0.333. The summed E-state index contributed by atoms with van der Waals surface area (Å²) in [4.78, 5) is 0. The minimum atomic E-state index is 0.194. The monoisotopic (exact) mass is 106 g/mol. The molecule has 0 atom stereocenters. The largest absolute Gasteiger partial charge is 0.181 e. The van der Waals surface area contributed by atoms with Crippen molar-refractivity contribution < 1.29 is 0 Å². The third-order valence-corrected chi connectivity index (χ3v) is 1.70. The lowest BCUT2D eigenvalue weighted by molar-refractivity contribution is 0.758. The highest BCUT2D eigenvalue weighted by atomic mass is 15.2. The van der Waals surface area contributed by atoms with Crippen molar-refractivity contribution in [3.05, 3.63) is 24.3 Å². The van der Waals surface area contributed by atoms with Gasteiger partial charge in [-0.1, -0.05) is 13.2 Å². The summed E-state index contributed by atoms with van der Waals surface area (Å²) in [6.07, 6.45) is 0. The molecule has 0 N–H and O–H groups in total. The smallest absolute Gasteiger partial charge is 0.117 e. The molecule has 2 heterocycles. The van der Waals surface area contributed by atoms with Crippen LogP contribution in [0, 0.1) is 0 Å². The van der Waals surface area contributed by atoms with E-state index in [4.69, 9.17) is 0 Å². The minimum absolute atomic E-state index is 0.194. The molecule has 3 aliphatic rings. The van der Waals surface area contributed by atoms with Crippen LogP contribution in [0.4, 0.5) is 0 Å². The topological polar surface area (TPSA) is 24.7 Å². The maximum atomic E-state index is 3.90. The standard InChI is InChI=1S/C6H6N2/c1-3-5-4(2)6(3)8-7-5/h5-6H,1-2H2. The molecule has 0 spiro atoms. The summed E-state index contributed by atoms with van der Waals surface area (Å²) in [6.45, 7) is 7.57. The molecule has 3 rings (SSSR count). The van der Waals surface area contributed by atoms with Crippen molar-refractivity contribution in [3.63, 3.8) is 0 Å². The van der Waals surface area contributed by atoms with E-state index in [1.54, 1.807) is 0 Å². The zero-order valence-corrected chi connectivity index (χ0v) is 4.46. The van der Waals surface area contributed by atoms with Gasteiger partial charge in [-0.3, -0.25) is 0 Å².